The van der Waals surface area contributed by atoms with E-state index in [2.05, 4.69) is 16.4 Å². The van der Waals surface area contributed by atoms with Crippen molar-refractivity contribution in [3.05, 3.63) is 59.3 Å². The van der Waals surface area contributed by atoms with Crippen molar-refractivity contribution in [2.75, 3.05) is 5.32 Å². The highest BCUT2D eigenvalue weighted by molar-refractivity contribution is 5.42. The van der Waals surface area contributed by atoms with E-state index in [4.69, 9.17) is 10.5 Å². The second kappa shape index (κ2) is 5.66. The molecule has 0 saturated carbocycles. The zero-order valence-electron chi connectivity index (χ0n) is 10.5. The number of anilines is 1. The number of nitrogens with one attached hydrogen (secondary N) is 1. The van der Waals surface area contributed by atoms with Gasteiger partial charge in [0.25, 0.3) is 0 Å². The Labute approximate surface area is 112 Å². The van der Waals surface area contributed by atoms with Crippen LogP contribution in [0.1, 0.15) is 29.8 Å². The van der Waals surface area contributed by atoms with E-state index in [0.29, 0.717) is 17.1 Å². The van der Waals surface area contributed by atoms with E-state index < -0.39 is 0 Å². The summed E-state index contributed by atoms with van der Waals surface area (Å²) in [5, 5.41) is 20.9. The maximum absolute atomic E-state index is 8.88. The third-order valence-electron chi connectivity index (χ3n) is 2.74. The van der Waals surface area contributed by atoms with Gasteiger partial charge in [0, 0.05) is 6.04 Å². The maximum atomic E-state index is 8.88. The summed E-state index contributed by atoms with van der Waals surface area (Å²) in [4.78, 5) is 4.16. The van der Waals surface area contributed by atoms with Gasteiger partial charge in [-0.05, 0) is 36.8 Å². The largest absolute Gasteiger partial charge is 0.364 e. The Balaban J connectivity index is 2.18. The lowest BCUT2D eigenvalue weighted by molar-refractivity contribution is 0.873. The van der Waals surface area contributed by atoms with E-state index in [0.717, 1.165) is 5.56 Å². The highest BCUT2D eigenvalue weighted by Crippen LogP contribution is 2.18. The lowest BCUT2D eigenvalue weighted by Crippen LogP contribution is -2.08. The van der Waals surface area contributed by atoms with Crippen molar-refractivity contribution in [1.29, 1.82) is 10.5 Å². The standard InChI is InChI=1S/C15H12N4/c1-11(13-5-2-4-12(8-13)9-16)18-15-7-3-6-14(10-17)19-15/h2-8,11H,1H3,(H,18,19). The summed E-state index contributed by atoms with van der Waals surface area (Å²) in [5.41, 5.74) is 2.01. The molecule has 0 aliphatic heterocycles. The molecule has 4 heteroatoms. The first-order valence-electron chi connectivity index (χ1n) is 5.86. The van der Waals surface area contributed by atoms with Gasteiger partial charge in [0.05, 0.1) is 11.6 Å². The van der Waals surface area contributed by atoms with E-state index in [1.807, 2.05) is 37.3 Å². The third kappa shape index (κ3) is 3.08. The topological polar surface area (TPSA) is 72.5 Å². The lowest BCUT2D eigenvalue weighted by Gasteiger charge is -2.15. The highest BCUT2D eigenvalue weighted by Gasteiger charge is 2.07. The van der Waals surface area contributed by atoms with Crippen LogP contribution in [0.4, 0.5) is 5.82 Å². The summed E-state index contributed by atoms with van der Waals surface area (Å²) in [6, 6.07) is 16.8. The van der Waals surface area contributed by atoms with Crippen LogP contribution in [0.5, 0.6) is 0 Å². The third-order valence-corrected chi connectivity index (χ3v) is 2.74. The van der Waals surface area contributed by atoms with E-state index in [1.54, 1.807) is 18.2 Å². The number of hydrogen-bond acceptors (Lipinski definition) is 4. The van der Waals surface area contributed by atoms with E-state index >= 15 is 0 Å². The van der Waals surface area contributed by atoms with Crippen molar-refractivity contribution < 1.29 is 0 Å². The molecule has 1 aromatic heterocycles. The van der Waals surface area contributed by atoms with E-state index in [-0.39, 0.29) is 6.04 Å². The summed E-state index contributed by atoms with van der Waals surface area (Å²) >= 11 is 0. The first kappa shape index (κ1) is 12.6. The smallest absolute Gasteiger partial charge is 0.142 e. The molecule has 1 aromatic carbocycles. The molecule has 0 amide bonds. The van der Waals surface area contributed by atoms with E-state index in [9.17, 15) is 0 Å². The number of benzene rings is 1. The van der Waals surface area contributed by atoms with Gasteiger partial charge in [0.15, 0.2) is 0 Å². The molecule has 0 bridgehead atoms. The first-order valence-corrected chi connectivity index (χ1v) is 5.86. The molecular formula is C15H12N4. The summed E-state index contributed by atoms with van der Waals surface area (Å²) in [7, 11) is 0. The molecule has 19 heavy (non-hydrogen) atoms. The molecule has 92 valence electrons. The highest BCUT2D eigenvalue weighted by atomic mass is 15.0. The minimum absolute atomic E-state index is 0.00902. The number of pyridine rings is 1. The molecule has 0 fully saturated rings. The Hall–Kier alpha value is -2.85. The maximum Gasteiger partial charge on any atom is 0.142 e. The van der Waals surface area contributed by atoms with Crippen molar-refractivity contribution in [2.24, 2.45) is 0 Å². The number of nitrogens with zero attached hydrogens (tertiary/aromatic N) is 3. The van der Waals surface area contributed by atoms with Crippen LogP contribution in [0.3, 0.4) is 0 Å². The second-order valence-corrected chi connectivity index (χ2v) is 4.12. The molecule has 0 spiro atoms. The van der Waals surface area contributed by atoms with Crippen molar-refractivity contribution >= 4 is 5.82 Å². The fourth-order valence-corrected chi connectivity index (χ4v) is 1.76. The molecule has 1 atom stereocenters. The molecule has 4 nitrogen and oxygen atoms in total. The summed E-state index contributed by atoms with van der Waals surface area (Å²) in [6.45, 7) is 1.98. The van der Waals surface area contributed by atoms with Gasteiger partial charge in [0.1, 0.15) is 17.6 Å². The number of nitriles is 2. The molecule has 1 heterocycles. The fourth-order valence-electron chi connectivity index (χ4n) is 1.76. The Morgan fingerprint density at radius 3 is 2.63 bits per heavy atom. The number of aromatic nitrogens is 1. The molecule has 1 N–H and O–H groups in total. The molecule has 2 rings (SSSR count). The number of hydrogen-bond donors (Lipinski definition) is 1. The van der Waals surface area contributed by atoms with Gasteiger partial charge in [-0.1, -0.05) is 18.2 Å². The molecule has 0 aliphatic carbocycles. The monoisotopic (exact) mass is 248 g/mol. The van der Waals surface area contributed by atoms with Crippen LogP contribution < -0.4 is 5.32 Å². The molecule has 0 radical (unpaired) electrons. The predicted octanol–water partition coefficient (Wildman–Crippen LogP) is 3.00. The minimum Gasteiger partial charge on any atom is -0.364 e. The second-order valence-electron chi connectivity index (χ2n) is 4.12. The van der Waals surface area contributed by atoms with Gasteiger partial charge in [-0.15, -0.1) is 0 Å². The first-order chi connectivity index (χ1) is 9.22. The van der Waals surface area contributed by atoms with Gasteiger partial charge in [0.2, 0.25) is 0 Å². The molecule has 0 aliphatic rings. The Morgan fingerprint density at radius 1 is 1.11 bits per heavy atom. The zero-order valence-corrected chi connectivity index (χ0v) is 10.5. The Kier molecular flexibility index (Phi) is 3.75. The Morgan fingerprint density at radius 2 is 1.89 bits per heavy atom. The number of rotatable bonds is 3. The Bertz CT molecular complexity index is 664. The summed E-state index contributed by atoms with van der Waals surface area (Å²) < 4.78 is 0. The summed E-state index contributed by atoms with van der Waals surface area (Å²) in [6.07, 6.45) is 0. The van der Waals surface area contributed by atoms with Gasteiger partial charge in [-0.3, -0.25) is 0 Å². The fraction of sp³-hybridized carbons (Fsp3) is 0.133. The molecule has 1 unspecified atom stereocenters. The van der Waals surface area contributed by atoms with Crippen molar-refractivity contribution in [1.82, 2.24) is 4.98 Å². The molecular weight excluding hydrogens is 236 g/mol. The average molecular weight is 248 g/mol. The van der Waals surface area contributed by atoms with Crippen molar-refractivity contribution in [3.63, 3.8) is 0 Å². The quantitative estimate of drug-likeness (QED) is 0.906. The van der Waals surface area contributed by atoms with Crippen LogP contribution in [0, 0.1) is 22.7 Å². The van der Waals surface area contributed by atoms with Gasteiger partial charge in [-0.2, -0.15) is 10.5 Å². The SMILES string of the molecule is CC(Nc1cccc(C#N)n1)c1cccc(C#N)c1. The van der Waals surface area contributed by atoms with Gasteiger partial charge < -0.3 is 5.32 Å². The normalized spacial score (nSPS) is 11.1. The van der Waals surface area contributed by atoms with Crippen molar-refractivity contribution in [2.45, 2.75) is 13.0 Å². The molecule has 0 saturated heterocycles. The lowest BCUT2D eigenvalue weighted by atomic mass is 10.1. The van der Waals surface area contributed by atoms with Crippen LogP contribution in [-0.2, 0) is 0 Å². The molecule has 2 aromatic rings. The van der Waals surface area contributed by atoms with Crippen LogP contribution in [0.25, 0.3) is 0 Å². The van der Waals surface area contributed by atoms with Gasteiger partial charge in [-0.25, -0.2) is 4.98 Å². The summed E-state index contributed by atoms with van der Waals surface area (Å²) in [5.74, 6) is 0.647. The van der Waals surface area contributed by atoms with Crippen LogP contribution in [0.2, 0.25) is 0 Å². The van der Waals surface area contributed by atoms with Crippen molar-refractivity contribution in [3.8, 4) is 12.1 Å². The van der Waals surface area contributed by atoms with Crippen LogP contribution in [0.15, 0.2) is 42.5 Å². The average Bonchev–Trinajstić information content (AvgIpc) is 2.47. The predicted molar refractivity (Wildman–Crippen MR) is 72.1 cm³/mol. The van der Waals surface area contributed by atoms with Crippen LogP contribution >= 0.6 is 0 Å². The van der Waals surface area contributed by atoms with Gasteiger partial charge >= 0.3 is 0 Å². The minimum atomic E-state index is 0.00902. The zero-order chi connectivity index (χ0) is 13.7. The van der Waals surface area contributed by atoms with E-state index in [1.165, 1.54) is 0 Å². The van der Waals surface area contributed by atoms with Crippen LogP contribution in [-0.4, -0.2) is 4.98 Å².